The summed E-state index contributed by atoms with van der Waals surface area (Å²) in [4.78, 5) is 16.6. The smallest absolute Gasteiger partial charge is 0.174 e. The Kier molecular flexibility index (Phi) is 3.43. The highest BCUT2D eigenvalue weighted by molar-refractivity contribution is 6.04. The molecule has 1 saturated heterocycles. The van der Waals surface area contributed by atoms with E-state index >= 15 is 0 Å². The number of carbonyl (C=O) groups is 1. The summed E-state index contributed by atoms with van der Waals surface area (Å²) in [5.74, 6) is 0.495. The third-order valence-electron chi connectivity index (χ3n) is 3.54. The Hall–Kier alpha value is -1.42. The molecule has 1 aliphatic heterocycles. The van der Waals surface area contributed by atoms with E-state index in [1.807, 2.05) is 0 Å². The summed E-state index contributed by atoms with van der Waals surface area (Å²) in [6, 6.07) is 3.55. The van der Waals surface area contributed by atoms with Gasteiger partial charge in [-0.3, -0.25) is 4.79 Å². The summed E-state index contributed by atoms with van der Waals surface area (Å²) in [6.07, 6.45) is 4.43. The molecule has 4 nitrogen and oxygen atoms in total. The molecule has 0 amide bonds. The minimum Gasteiger partial charge on any atom is -0.383 e. The van der Waals surface area contributed by atoms with Crippen LogP contribution in [0.2, 0.25) is 0 Å². The van der Waals surface area contributed by atoms with Gasteiger partial charge in [-0.1, -0.05) is 13.3 Å². The first kappa shape index (κ1) is 12.0. The number of nitrogens with zero attached hydrogens (tertiary/aromatic N) is 1. The predicted molar refractivity (Wildman–Crippen MR) is 67.8 cm³/mol. The van der Waals surface area contributed by atoms with E-state index in [9.17, 15) is 4.79 Å². The lowest BCUT2D eigenvalue weighted by atomic mass is 9.76. The molecular weight excluding hydrogens is 214 g/mol. The zero-order valence-electron chi connectivity index (χ0n) is 10.2. The van der Waals surface area contributed by atoms with Gasteiger partial charge in [0, 0.05) is 18.2 Å². The van der Waals surface area contributed by atoms with E-state index in [4.69, 9.17) is 5.73 Å². The summed E-state index contributed by atoms with van der Waals surface area (Å²) >= 11 is 0. The SMILES string of the molecule is CCCC1(C(=O)c2cccnc2N)CCNC1. The fraction of sp³-hybridized carbons (Fsp3) is 0.538. The molecule has 17 heavy (non-hydrogen) atoms. The van der Waals surface area contributed by atoms with Crippen molar-refractivity contribution in [3.63, 3.8) is 0 Å². The third-order valence-corrected chi connectivity index (χ3v) is 3.54. The lowest BCUT2D eigenvalue weighted by molar-refractivity contribution is 0.0802. The first-order chi connectivity index (χ1) is 8.19. The van der Waals surface area contributed by atoms with E-state index in [0.29, 0.717) is 11.4 Å². The van der Waals surface area contributed by atoms with Gasteiger partial charge in [0.25, 0.3) is 0 Å². The highest BCUT2D eigenvalue weighted by atomic mass is 16.1. The molecule has 0 bridgehead atoms. The van der Waals surface area contributed by atoms with Gasteiger partial charge >= 0.3 is 0 Å². The highest BCUT2D eigenvalue weighted by Gasteiger charge is 2.41. The normalized spacial score (nSPS) is 23.8. The van der Waals surface area contributed by atoms with Crippen LogP contribution >= 0.6 is 0 Å². The number of nitrogen functional groups attached to an aromatic ring is 1. The maximum absolute atomic E-state index is 12.6. The third kappa shape index (κ3) is 2.17. The Morgan fingerprint density at radius 1 is 1.65 bits per heavy atom. The van der Waals surface area contributed by atoms with Gasteiger partial charge in [0.05, 0.1) is 5.56 Å². The fourth-order valence-electron chi connectivity index (χ4n) is 2.64. The van der Waals surface area contributed by atoms with Crippen molar-refractivity contribution >= 4 is 11.6 Å². The summed E-state index contributed by atoms with van der Waals surface area (Å²) in [6.45, 7) is 3.78. The van der Waals surface area contributed by atoms with Crippen molar-refractivity contribution in [1.29, 1.82) is 0 Å². The van der Waals surface area contributed by atoms with Crippen LogP contribution in [-0.2, 0) is 0 Å². The van der Waals surface area contributed by atoms with Crippen LogP contribution in [0.3, 0.4) is 0 Å². The van der Waals surface area contributed by atoms with E-state index in [2.05, 4.69) is 17.2 Å². The second kappa shape index (κ2) is 4.84. The number of aromatic nitrogens is 1. The van der Waals surface area contributed by atoms with Gasteiger partial charge in [-0.05, 0) is 31.5 Å². The topological polar surface area (TPSA) is 68.0 Å². The number of Topliss-reactive ketones (excluding diaryl/α,β-unsaturated/α-hetero) is 1. The van der Waals surface area contributed by atoms with Gasteiger partial charge in [-0.2, -0.15) is 0 Å². The Morgan fingerprint density at radius 3 is 3.06 bits per heavy atom. The molecule has 0 aliphatic carbocycles. The van der Waals surface area contributed by atoms with Crippen molar-refractivity contribution in [2.45, 2.75) is 26.2 Å². The molecule has 1 atom stereocenters. The molecule has 92 valence electrons. The summed E-state index contributed by atoms with van der Waals surface area (Å²) in [5, 5.41) is 3.29. The van der Waals surface area contributed by atoms with Gasteiger partial charge in [-0.25, -0.2) is 4.98 Å². The standard InChI is InChI=1S/C13H19N3O/c1-2-5-13(6-8-15-9-13)11(17)10-4-3-7-16-12(10)14/h3-4,7,15H,2,5-6,8-9H2,1H3,(H2,14,16). The molecule has 0 radical (unpaired) electrons. The molecule has 0 spiro atoms. The number of hydrogen-bond acceptors (Lipinski definition) is 4. The van der Waals surface area contributed by atoms with E-state index < -0.39 is 0 Å². The Balaban J connectivity index is 2.32. The molecule has 1 aromatic heterocycles. The first-order valence-corrected chi connectivity index (χ1v) is 6.15. The lowest BCUT2D eigenvalue weighted by Gasteiger charge is -2.26. The second-order valence-electron chi connectivity index (χ2n) is 4.72. The summed E-state index contributed by atoms with van der Waals surface area (Å²) < 4.78 is 0. The van der Waals surface area contributed by atoms with Crippen molar-refractivity contribution < 1.29 is 4.79 Å². The van der Waals surface area contributed by atoms with Gasteiger partial charge < -0.3 is 11.1 Å². The van der Waals surface area contributed by atoms with Gasteiger partial charge in [0.1, 0.15) is 5.82 Å². The number of hydrogen-bond donors (Lipinski definition) is 2. The minimum atomic E-state index is -0.272. The van der Waals surface area contributed by atoms with Crippen LogP contribution in [0.15, 0.2) is 18.3 Å². The Morgan fingerprint density at radius 2 is 2.47 bits per heavy atom. The Labute approximate surface area is 102 Å². The van der Waals surface area contributed by atoms with E-state index in [-0.39, 0.29) is 11.2 Å². The zero-order valence-corrected chi connectivity index (χ0v) is 10.2. The van der Waals surface area contributed by atoms with Crippen LogP contribution in [0.25, 0.3) is 0 Å². The van der Waals surface area contributed by atoms with E-state index in [0.717, 1.165) is 32.4 Å². The molecule has 1 fully saturated rings. The van der Waals surface area contributed by atoms with Crippen LogP contribution < -0.4 is 11.1 Å². The maximum Gasteiger partial charge on any atom is 0.174 e. The molecular formula is C13H19N3O. The van der Waals surface area contributed by atoms with Crippen molar-refractivity contribution in [2.75, 3.05) is 18.8 Å². The fourth-order valence-corrected chi connectivity index (χ4v) is 2.64. The monoisotopic (exact) mass is 233 g/mol. The molecule has 2 heterocycles. The number of ketones is 1. The second-order valence-corrected chi connectivity index (χ2v) is 4.72. The number of nitrogens with two attached hydrogens (primary N) is 1. The van der Waals surface area contributed by atoms with Crippen molar-refractivity contribution in [3.8, 4) is 0 Å². The average Bonchev–Trinajstić information content (AvgIpc) is 2.79. The molecule has 3 N–H and O–H groups in total. The zero-order chi connectivity index (χ0) is 12.3. The number of rotatable bonds is 4. The maximum atomic E-state index is 12.6. The summed E-state index contributed by atoms with van der Waals surface area (Å²) in [7, 11) is 0. The molecule has 1 unspecified atom stereocenters. The van der Waals surface area contributed by atoms with E-state index in [1.54, 1.807) is 18.3 Å². The van der Waals surface area contributed by atoms with Gasteiger partial charge in [0.15, 0.2) is 5.78 Å². The molecule has 4 heteroatoms. The highest BCUT2D eigenvalue weighted by Crippen LogP contribution is 2.35. The minimum absolute atomic E-state index is 0.148. The molecule has 2 rings (SSSR count). The van der Waals surface area contributed by atoms with Crippen LogP contribution in [0.1, 0.15) is 36.5 Å². The quantitative estimate of drug-likeness (QED) is 0.775. The van der Waals surface area contributed by atoms with Gasteiger partial charge in [-0.15, -0.1) is 0 Å². The van der Waals surface area contributed by atoms with E-state index in [1.165, 1.54) is 0 Å². The van der Waals surface area contributed by atoms with Crippen LogP contribution in [0.4, 0.5) is 5.82 Å². The molecule has 0 saturated carbocycles. The number of carbonyl (C=O) groups excluding carboxylic acids is 1. The summed E-state index contributed by atoms with van der Waals surface area (Å²) in [5.41, 5.74) is 6.09. The van der Waals surface area contributed by atoms with Crippen molar-refractivity contribution in [3.05, 3.63) is 23.9 Å². The van der Waals surface area contributed by atoms with Crippen LogP contribution in [-0.4, -0.2) is 23.9 Å². The predicted octanol–water partition coefficient (Wildman–Crippen LogP) is 1.63. The van der Waals surface area contributed by atoms with Crippen LogP contribution in [0.5, 0.6) is 0 Å². The Bertz CT molecular complexity index is 411. The molecule has 1 aromatic rings. The molecule has 1 aliphatic rings. The van der Waals surface area contributed by atoms with Gasteiger partial charge in [0.2, 0.25) is 0 Å². The largest absolute Gasteiger partial charge is 0.383 e. The average molecular weight is 233 g/mol. The first-order valence-electron chi connectivity index (χ1n) is 6.15. The van der Waals surface area contributed by atoms with Crippen LogP contribution in [0, 0.1) is 5.41 Å². The van der Waals surface area contributed by atoms with Crippen molar-refractivity contribution in [1.82, 2.24) is 10.3 Å². The lowest BCUT2D eigenvalue weighted by Crippen LogP contribution is -2.34. The number of nitrogens with one attached hydrogen (secondary N) is 1. The van der Waals surface area contributed by atoms with Crippen molar-refractivity contribution in [2.24, 2.45) is 5.41 Å². The number of pyridine rings is 1. The molecule has 0 aromatic carbocycles. The number of anilines is 1.